The summed E-state index contributed by atoms with van der Waals surface area (Å²) >= 11 is 1.50. The minimum atomic E-state index is -0.237. The van der Waals surface area contributed by atoms with Gasteiger partial charge in [-0.3, -0.25) is 4.79 Å². The summed E-state index contributed by atoms with van der Waals surface area (Å²) in [5.74, 6) is 1.00. The number of thiophene rings is 1. The molecule has 2 heterocycles. The van der Waals surface area contributed by atoms with Gasteiger partial charge in [0, 0.05) is 5.56 Å². The van der Waals surface area contributed by atoms with Gasteiger partial charge in [0.1, 0.15) is 5.00 Å². The Morgan fingerprint density at radius 2 is 2.21 bits per heavy atom. The standard InChI is InChI=1S/C13H10N2O3S/c16-13(15-7-14-12-2-1-5-19-12)9-3-4-10-11(6-9)18-8-17-10/h1-7H,8H2,(H,14,15,16). The molecule has 3 rings (SSSR count). The van der Waals surface area contributed by atoms with Crippen LogP contribution in [-0.2, 0) is 0 Å². The van der Waals surface area contributed by atoms with E-state index in [1.165, 1.54) is 17.7 Å². The highest BCUT2D eigenvalue weighted by Gasteiger charge is 2.15. The van der Waals surface area contributed by atoms with E-state index in [2.05, 4.69) is 10.3 Å². The minimum absolute atomic E-state index is 0.195. The first kappa shape index (κ1) is 11.7. The first-order valence-corrected chi connectivity index (χ1v) is 6.47. The number of hydrogen-bond acceptors (Lipinski definition) is 5. The maximum Gasteiger partial charge on any atom is 0.256 e. The van der Waals surface area contributed by atoms with Gasteiger partial charge in [0.25, 0.3) is 5.91 Å². The summed E-state index contributed by atoms with van der Waals surface area (Å²) in [6.45, 7) is 0.195. The second kappa shape index (κ2) is 5.11. The summed E-state index contributed by atoms with van der Waals surface area (Å²) in [4.78, 5) is 16.0. The first-order valence-electron chi connectivity index (χ1n) is 5.59. The van der Waals surface area contributed by atoms with Gasteiger partial charge >= 0.3 is 0 Å². The normalized spacial score (nSPS) is 12.8. The number of hydrogen-bond donors (Lipinski definition) is 1. The van der Waals surface area contributed by atoms with Crippen LogP contribution in [0.25, 0.3) is 0 Å². The molecule has 0 bridgehead atoms. The fourth-order valence-electron chi connectivity index (χ4n) is 1.62. The quantitative estimate of drug-likeness (QED) is 0.691. The van der Waals surface area contributed by atoms with Gasteiger partial charge in [0.05, 0.1) is 6.34 Å². The van der Waals surface area contributed by atoms with E-state index in [1.807, 2.05) is 17.5 Å². The van der Waals surface area contributed by atoms with E-state index >= 15 is 0 Å². The first-order chi connectivity index (χ1) is 9.33. The maximum absolute atomic E-state index is 11.9. The number of rotatable bonds is 3. The molecule has 0 spiro atoms. The molecule has 1 aliphatic heterocycles. The van der Waals surface area contributed by atoms with Crippen LogP contribution in [0.2, 0.25) is 0 Å². The third kappa shape index (κ3) is 2.58. The summed E-state index contributed by atoms with van der Waals surface area (Å²) in [5, 5.41) is 5.37. The Kier molecular flexibility index (Phi) is 3.16. The Labute approximate surface area is 113 Å². The molecule has 1 N–H and O–H groups in total. The van der Waals surface area contributed by atoms with E-state index in [1.54, 1.807) is 18.2 Å². The molecule has 1 aliphatic rings. The van der Waals surface area contributed by atoms with Crippen LogP contribution in [0.15, 0.2) is 40.7 Å². The Morgan fingerprint density at radius 1 is 1.32 bits per heavy atom. The monoisotopic (exact) mass is 274 g/mol. The molecular weight excluding hydrogens is 264 g/mol. The minimum Gasteiger partial charge on any atom is -0.454 e. The van der Waals surface area contributed by atoms with Crippen molar-refractivity contribution in [3.8, 4) is 11.5 Å². The Balaban J connectivity index is 1.67. The largest absolute Gasteiger partial charge is 0.454 e. The zero-order valence-corrected chi connectivity index (χ0v) is 10.6. The van der Waals surface area contributed by atoms with Crippen LogP contribution >= 0.6 is 11.3 Å². The summed E-state index contributed by atoms with van der Waals surface area (Å²) < 4.78 is 10.4. The molecule has 1 amide bonds. The molecule has 0 atom stereocenters. The van der Waals surface area contributed by atoms with Crippen molar-refractivity contribution in [1.29, 1.82) is 0 Å². The van der Waals surface area contributed by atoms with Crippen LogP contribution in [0.3, 0.4) is 0 Å². The predicted octanol–water partition coefficient (Wildman–Crippen LogP) is 2.57. The van der Waals surface area contributed by atoms with Gasteiger partial charge in [-0.2, -0.15) is 0 Å². The van der Waals surface area contributed by atoms with Crippen molar-refractivity contribution < 1.29 is 14.3 Å². The Hall–Kier alpha value is -2.34. The smallest absolute Gasteiger partial charge is 0.256 e. The average molecular weight is 274 g/mol. The molecule has 0 saturated heterocycles. The number of amides is 1. The van der Waals surface area contributed by atoms with Gasteiger partial charge in [0.15, 0.2) is 11.5 Å². The van der Waals surface area contributed by atoms with Gasteiger partial charge < -0.3 is 14.8 Å². The highest BCUT2D eigenvalue weighted by atomic mass is 32.1. The van der Waals surface area contributed by atoms with E-state index in [0.717, 1.165) is 5.00 Å². The molecule has 2 aromatic rings. The van der Waals surface area contributed by atoms with Crippen molar-refractivity contribution in [2.24, 2.45) is 4.99 Å². The van der Waals surface area contributed by atoms with Crippen LogP contribution in [0, 0.1) is 0 Å². The van der Waals surface area contributed by atoms with E-state index in [9.17, 15) is 4.79 Å². The zero-order valence-electron chi connectivity index (χ0n) is 9.83. The highest BCUT2D eigenvalue weighted by Crippen LogP contribution is 2.32. The van der Waals surface area contributed by atoms with E-state index < -0.39 is 0 Å². The fraction of sp³-hybridized carbons (Fsp3) is 0.0769. The second-order valence-electron chi connectivity index (χ2n) is 3.75. The molecule has 0 aliphatic carbocycles. The van der Waals surface area contributed by atoms with Gasteiger partial charge in [-0.25, -0.2) is 4.99 Å². The number of carbonyl (C=O) groups excluding carboxylic acids is 1. The fourth-order valence-corrected chi connectivity index (χ4v) is 2.19. The summed E-state index contributed by atoms with van der Waals surface area (Å²) in [7, 11) is 0. The average Bonchev–Trinajstić information content (AvgIpc) is 3.08. The van der Waals surface area contributed by atoms with Crippen LogP contribution < -0.4 is 14.8 Å². The van der Waals surface area contributed by atoms with Crippen LogP contribution in [-0.4, -0.2) is 19.0 Å². The lowest BCUT2D eigenvalue weighted by Gasteiger charge is -2.01. The summed E-state index contributed by atoms with van der Waals surface area (Å²) in [6, 6.07) is 8.82. The SMILES string of the molecule is O=C(N/C=N/c1cccs1)c1ccc2c(c1)OCO2. The van der Waals surface area contributed by atoms with E-state index in [-0.39, 0.29) is 12.7 Å². The summed E-state index contributed by atoms with van der Waals surface area (Å²) in [6.07, 6.45) is 1.39. The molecule has 0 radical (unpaired) electrons. The molecule has 0 fully saturated rings. The molecule has 96 valence electrons. The van der Waals surface area contributed by atoms with Crippen LogP contribution in [0.5, 0.6) is 11.5 Å². The third-order valence-corrected chi connectivity index (χ3v) is 3.30. The summed E-state index contributed by atoms with van der Waals surface area (Å²) in [5.41, 5.74) is 0.502. The number of fused-ring (bicyclic) bond motifs is 1. The van der Waals surface area contributed by atoms with Crippen molar-refractivity contribution in [2.45, 2.75) is 0 Å². The lowest BCUT2D eigenvalue weighted by atomic mass is 10.2. The molecular formula is C13H10N2O3S. The zero-order chi connectivity index (χ0) is 13.1. The number of aliphatic imine (C=N–C) groups is 1. The van der Waals surface area contributed by atoms with Crippen LogP contribution in [0.1, 0.15) is 10.4 Å². The molecule has 1 aromatic carbocycles. The number of benzene rings is 1. The molecule has 5 nitrogen and oxygen atoms in total. The molecule has 1 aromatic heterocycles. The van der Waals surface area contributed by atoms with Crippen molar-refractivity contribution >= 4 is 28.6 Å². The van der Waals surface area contributed by atoms with Crippen molar-refractivity contribution in [3.63, 3.8) is 0 Å². The maximum atomic E-state index is 11.9. The molecule has 0 unspecified atom stereocenters. The van der Waals surface area contributed by atoms with E-state index in [0.29, 0.717) is 17.1 Å². The molecule has 6 heteroatoms. The van der Waals surface area contributed by atoms with Crippen molar-refractivity contribution in [2.75, 3.05) is 6.79 Å². The van der Waals surface area contributed by atoms with Gasteiger partial charge in [-0.1, -0.05) is 0 Å². The highest BCUT2D eigenvalue weighted by molar-refractivity contribution is 7.13. The number of carbonyl (C=O) groups is 1. The van der Waals surface area contributed by atoms with Crippen LogP contribution in [0.4, 0.5) is 5.00 Å². The van der Waals surface area contributed by atoms with Crippen molar-refractivity contribution in [1.82, 2.24) is 5.32 Å². The predicted molar refractivity (Wildman–Crippen MR) is 72.5 cm³/mol. The Morgan fingerprint density at radius 3 is 3.05 bits per heavy atom. The van der Waals surface area contributed by atoms with Gasteiger partial charge in [0.2, 0.25) is 6.79 Å². The third-order valence-electron chi connectivity index (χ3n) is 2.53. The van der Waals surface area contributed by atoms with Gasteiger partial charge in [-0.05, 0) is 35.7 Å². The van der Waals surface area contributed by atoms with Gasteiger partial charge in [-0.15, -0.1) is 11.3 Å². The lowest BCUT2D eigenvalue weighted by Crippen LogP contribution is -2.21. The number of ether oxygens (including phenoxy) is 2. The number of nitrogens with zero attached hydrogens (tertiary/aromatic N) is 1. The topological polar surface area (TPSA) is 59.9 Å². The van der Waals surface area contributed by atoms with Crippen molar-refractivity contribution in [3.05, 3.63) is 41.3 Å². The lowest BCUT2D eigenvalue weighted by molar-refractivity contribution is 0.0978. The second-order valence-corrected chi connectivity index (χ2v) is 4.68. The molecule has 19 heavy (non-hydrogen) atoms. The molecule has 0 saturated carbocycles. The number of nitrogens with one attached hydrogen (secondary N) is 1. The Bertz CT molecular complexity index is 623. The van der Waals surface area contributed by atoms with E-state index in [4.69, 9.17) is 9.47 Å².